The zero-order chi connectivity index (χ0) is 19.0. The third kappa shape index (κ3) is 3.76. The smallest absolute Gasteiger partial charge is 0.258 e. The number of thioether (sulfide) groups is 1. The summed E-state index contributed by atoms with van der Waals surface area (Å²) in [5.74, 6) is 0.640. The summed E-state index contributed by atoms with van der Waals surface area (Å²) in [5, 5.41) is 17.4. The lowest BCUT2D eigenvalue weighted by Crippen LogP contribution is -1.92. The third-order valence-corrected chi connectivity index (χ3v) is 6.70. The summed E-state index contributed by atoms with van der Waals surface area (Å²) in [6, 6.07) is 8.92. The molecule has 3 heterocycles. The van der Waals surface area contributed by atoms with Crippen LogP contribution in [-0.2, 0) is 5.75 Å². The van der Waals surface area contributed by atoms with Crippen LogP contribution in [0.2, 0.25) is 0 Å². The van der Waals surface area contributed by atoms with E-state index in [0.29, 0.717) is 5.75 Å². The number of pyridine rings is 1. The topological polar surface area (TPSA) is 73.3 Å². The molecule has 9 heteroatoms. The van der Waals surface area contributed by atoms with E-state index < -0.39 is 0 Å². The number of halogens is 1. The van der Waals surface area contributed by atoms with Crippen LogP contribution in [0.15, 0.2) is 56.9 Å². The molecule has 0 aliphatic rings. The van der Waals surface area contributed by atoms with Crippen molar-refractivity contribution in [1.29, 1.82) is 0 Å². The van der Waals surface area contributed by atoms with E-state index in [1.165, 1.54) is 6.07 Å². The van der Waals surface area contributed by atoms with Gasteiger partial charge in [-0.15, -0.1) is 11.3 Å². The molecule has 0 unspecified atom stereocenters. The van der Waals surface area contributed by atoms with E-state index in [9.17, 15) is 10.1 Å². The van der Waals surface area contributed by atoms with Crippen molar-refractivity contribution >= 4 is 50.2 Å². The molecule has 0 atom stereocenters. The van der Waals surface area contributed by atoms with Crippen molar-refractivity contribution in [3.8, 4) is 11.3 Å². The molecule has 3 aromatic heterocycles. The maximum atomic E-state index is 11.0. The number of non-ortho nitro benzene ring substituents is 1. The van der Waals surface area contributed by atoms with Gasteiger partial charge in [0.1, 0.15) is 0 Å². The minimum Gasteiger partial charge on any atom is -0.258 e. The summed E-state index contributed by atoms with van der Waals surface area (Å²) in [5.41, 5.74) is 4.95. The molecule has 0 bridgehead atoms. The number of hydrogen-bond donors (Lipinski definition) is 0. The molecular weight excluding hydrogens is 448 g/mol. The number of aromatic nitrogens is 3. The van der Waals surface area contributed by atoms with Crippen LogP contribution in [0.1, 0.15) is 11.1 Å². The third-order valence-electron chi connectivity index (χ3n) is 4.14. The number of nitrogens with zero attached hydrogens (tertiary/aromatic N) is 4. The van der Waals surface area contributed by atoms with Crippen LogP contribution in [0, 0.1) is 17.0 Å². The van der Waals surface area contributed by atoms with E-state index in [-0.39, 0.29) is 10.6 Å². The predicted octanol–water partition coefficient (Wildman–Crippen LogP) is 5.73. The Morgan fingerprint density at radius 1 is 1.33 bits per heavy atom. The molecule has 1 aromatic carbocycles. The average molecular weight is 461 g/mol. The van der Waals surface area contributed by atoms with E-state index in [2.05, 4.69) is 21.0 Å². The van der Waals surface area contributed by atoms with Gasteiger partial charge in [-0.05, 0) is 30.2 Å². The molecule has 0 saturated heterocycles. The molecule has 0 radical (unpaired) electrons. The first-order chi connectivity index (χ1) is 13.0. The molecule has 0 fully saturated rings. The Labute approximate surface area is 171 Å². The molecule has 0 aliphatic carbocycles. The second kappa shape index (κ2) is 7.41. The maximum Gasteiger partial charge on any atom is 0.269 e. The van der Waals surface area contributed by atoms with Gasteiger partial charge in [-0.2, -0.15) is 5.10 Å². The van der Waals surface area contributed by atoms with Crippen LogP contribution in [0.4, 0.5) is 5.69 Å². The number of thiazole rings is 1. The van der Waals surface area contributed by atoms with E-state index in [0.717, 1.165) is 36.7 Å². The molecule has 4 rings (SSSR count). The van der Waals surface area contributed by atoms with Crippen molar-refractivity contribution < 1.29 is 4.92 Å². The molecule has 27 heavy (non-hydrogen) atoms. The number of fused-ring (bicyclic) bond motifs is 1. The average Bonchev–Trinajstić information content (AvgIpc) is 3.27. The van der Waals surface area contributed by atoms with Crippen molar-refractivity contribution in [3.63, 3.8) is 0 Å². The first kappa shape index (κ1) is 18.1. The maximum absolute atomic E-state index is 11.0. The summed E-state index contributed by atoms with van der Waals surface area (Å²) in [7, 11) is 0. The van der Waals surface area contributed by atoms with Gasteiger partial charge in [-0.3, -0.25) is 10.1 Å². The molecule has 0 saturated carbocycles. The van der Waals surface area contributed by atoms with Crippen molar-refractivity contribution in [1.82, 2.24) is 14.6 Å². The van der Waals surface area contributed by atoms with Crippen LogP contribution in [0.3, 0.4) is 0 Å². The minimum absolute atomic E-state index is 0.118. The van der Waals surface area contributed by atoms with Gasteiger partial charge >= 0.3 is 0 Å². The molecule has 0 spiro atoms. The van der Waals surface area contributed by atoms with Gasteiger partial charge in [0.05, 0.1) is 22.3 Å². The highest BCUT2D eigenvalue weighted by molar-refractivity contribution is 9.10. The number of aryl methyl sites for hydroxylation is 1. The van der Waals surface area contributed by atoms with Crippen molar-refractivity contribution in [3.05, 3.63) is 73.8 Å². The van der Waals surface area contributed by atoms with Crippen LogP contribution in [0.25, 0.3) is 16.8 Å². The van der Waals surface area contributed by atoms with Gasteiger partial charge in [-0.1, -0.05) is 33.8 Å². The fraction of sp³-hybridized carbons (Fsp3) is 0.111. The lowest BCUT2D eigenvalue weighted by Gasteiger charge is -2.04. The molecule has 0 amide bonds. The monoisotopic (exact) mass is 460 g/mol. The Morgan fingerprint density at radius 3 is 3.00 bits per heavy atom. The Balaban J connectivity index is 1.56. The quantitative estimate of drug-likeness (QED) is 0.216. The Hall–Kier alpha value is -2.23. The van der Waals surface area contributed by atoms with Crippen LogP contribution < -0.4 is 0 Å². The molecular formula is C18H13BrN4O2S2. The number of nitro benzene ring substituents is 1. The fourth-order valence-electron chi connectivity index (χ4n) is 2.67. The van der Waals surface area contributed by atoms with E-state index >= 15 is 0 Å². The fourth-order valence-corrected chi connectivity index (χ4v) is 4.89. The van der Waals surface area contributed by atoms with E-state index in [4.69, 9.17) is 4.98 Å². The number of rotatable bonds is 5. The van der Waals surface area contributed by atoms with Gasteiger partial charge in [0, 0.05) is 39.5 Å². The van der Waals surface area contributed by atoms with E-state index in [1.54, 1.807) is 35.2 Å². The highest BCUT2D eigenvalue weighted by Gasteiger charge is 2.13. The number of nitro groups is 1. The summed E-state index contributed by atoms with van der Waals surface area (Å²) >= 11 is 6.64. The second-order valence-electron chi connectivity index (χ2n) is 5.89. The van der Waals surface area contributed by atoms with Crippen LogP contribution in [0.5, 0.6) is 0 Å². The molecule has 0 aliphatic heterocycles. The largest absolute Gasteiger partial charge is 0.269 e. The van der Waals surface area contributed by atoms with Crippen molar-refractivity contribution in [2.45, 2.75) is 17.0 Å². The van der Waals surface area contributed by atoms with Crippen molar-refractivity contribution in [2.75, 3.05) is 0 Å². The molecule has 6 nitrogen and oxygen atoms in total. The van der Waals surface area contributed by atoms with Gasteiger partial charge in [0.25, 0.3) is 5.69 Å². The van der Waals surface area contributed by atoms with Gasteiger partial charge in [0.15, 0.2) is 4.34 Å². The molecule has 136 valence electrons. The molecule has 4 aromatic rings. The Kier molecular flexibility index (Phi) is 4.98. The lowest BCUT2D eigenvalue weighted by molar-refractivity contribution is -0.384. The highest BCUT2D eigenvalue weighted by atomic mass is 79.9. The minimum atomic E-state index is -0.363. The number of benzene rings is 1. The van der Waals surface area contributed by atoms with E-state index in [1.807, 2.05) is 41.3 Å². The second-order valence-corrected chi connectivity index (χ2v) is 8.88. The summed E-state index contributed by atoms with van der Waals surface area (Å²) in [6.07, 6.45) is 3.71. The summed E-state index contributed by atoms with van der Waals surface area (Å²) in [4.78, 5) is 15.3. The summed E-state index contributed by atoms with van der Waals surface area (Å²) in [6.45, 7) is 1.96. The molecule has 0 N–H and O–H groups in total. The normalized spacial score (nSPS) is 11.2. The lowest BCUT2D eigenvalue weighted by atomic mass is 10.1. The zero-order valence-corrected chi connectivity index (χ0v) is 17.3. The van der Waals surface area contributed by atoms with Gasteiger partial charge in [-0.25, -0.2) is 9.50 Å². The standard InChI is InChI=1S/C18H13BrN4O2S2/c1-11-2-3-14(23(24)25)6-12(11)9-26-18-21-16(10-27-18)15-8-20-22-5-4-13(19)7-17(15)22/h2-8,10H,9H2,1H3. The summed E-state index contributed by atoms with van der Waals surface area (Å²) < 4.78 is 3.73. The number of hydrogen-bond acceptors (Lipinski definition) is 6. The SMILES string of the molecule is Cc1ccc([N+](=O)[O-])cc1CSc1nc(-c2cnn3ccc(Br)cc23)cs1. The van der Waals surface area contributed by atoms with Gasteiger partial charge < -0.3 is 0 Å². The zero-order valence-electron chi connectivity index (χ0n) is 14.1. The first-order valence-corrected chi connectivity index (χ1v) is 10.6. The predicted molar refractivity (Wildman–Crippen MR) is 111 cm³/mol. The van der Waals surface area contributed by atoms with Crippen LogP contribution >= 0.6 is 39.0 Å². The Morgan fingerprint density at radius 2 is 2.19 bits per heavy atom. The highest BCUT2D eigenvalue weighted by Crippen LogP contribution is 2.33. The van der Waals surface area contributed by atoms with Crippen molar-refractivity contribution in [2.24, 2.45) is 0 Å². The van der Waals surface area contributed by atoms with Gasteiger partial charge in [0.2, 0.25) is 0 Å². The Bertz CT molecular complexity index is 1160. The van der Waals surface area contributed by atoms with Crippen LogP contribution in [-0.4, -0.2) is 19.5 Å². The first-order valence-electron chi connectivity index (χ1n) is 7.97.